The smallest absolute Gasteiger partial charge is 0.0141 e. The third-order valence-corrected chi connectivity index (χ3v) is 3.37. The average molecular weight is 178 g/mol. The second-order valence-electron chi connectivity index (χ2n) is 4.92. The fourth-order valence-corrected chi connectivity index (χ4v) is 2.00. The molecule has 0 aromatic carbocycles. The Hall–Kier alpha value is -0.520. The lowest BCUT2D eigenvalue weighted by molar-refractivity contribution is 0.378. The molecule has 1 aliphatic carbocycles. The first-order valence-corrected chi connectivity index (χ1v) is 5.36. The third-order valence-electron chi connectivity index (χ3n) is 3.37. The van der Waals surface area contributed by atoms with E-state index in [-0.39, 0.29) is 0 Å². The van der Waals surface area contributed by atoms with Crippen LogP contribution < -0.4 is 0 Å². The minimum Gasteiger partial charge on any atom is -0.0810 e. The molecule has 0 heterocycles. The molecule has 0 bridgehead atoms. The lowest BCUT2D eigenvalue weighted by Gasteiger charge is -2.33. The SMILES string of the molecule is CCC(C)(C)C1=CC(C)=CCC1C. The third kappa shape index (κ3) is 2.24. The normalized spacial score (nSPS) is 23.9. The van der Waals surface area contributed by atoms with E-state index in [1.54, 1.807) is 5.57 Å². The molecule has 0 saturated heterocycles. The molecule has 0 N–H and O–H groups in total. The predicted molar refractivity (Wildman–Crippen MR) is 59.7 cm³/mol. The Morgan fingerprint density at radius 2 is 2.08 bits per heavy atom. The van der Waals surface area contributed by atoms with Crippen molar-refractivity contribution in [2.75, 3.05) is 0 Å². The minimum absolute atomic E-state index is 0.384. The summed E-state index contributed by atoms with van der Waals surface area (Å²) < 4.78 is 0. The molecule has 0 fully saturated rings. The van der Waals surface area contributed by atoms with Crippen molar-refractivity contribution in [3.8, 4) is 0 Å². The quantitative estimate of drug-likeness (QED) is 0.590. The van der Waals surface area contributed by atoms with Gasteiger partial charge in [0.2, 0.25) is 0 Å². The van der Waals surface area contributed by atoms with Crippen LogP contribution in [0.3, 0.4) is 0 Å². The van der Waals surface area contributed by atoms with Gasteiger partial charge in [-0.2, -0.15) is 0 Å². The highest BCUT2D eigenvalue weighted by atomic mass is 14.3. The van der Waals surface area contributed by atoms with Crippen molar-refractivity contribution in [3.05, 3.63) is 23.3 Å². The molecule has 0 heteroatoms. The monoisotopic (exact) mass is 178 g/mol. The Kier molecular flexibility index (Phi) is 3.00. The van der Waals surface area contributed by atoms with Crippen molar-refractivity contribution >= 4 is 0 Å². The summed E-state index contributed by atoms with van der Waals surface area (Å²) in [6.45, 7) is 11.5. The number of hydrogen-bond donors (Lipinski definition) is 0. The predicted octanol–water partition coefficient (Wildman–Crippen LogP) is 4.34. The zero-order chi connectivity index (χ0) is 10.1. The van der Waals surface area contributed by atoms with Gasteiger partial charge in [-0.15, -0.1) is 0 Å². The van der Waals surface area contributed by atoms with Gasteiger partial charge in [-0.05, 0) is 31.1 Å². The summed E-state index contributed by atoms with van der Waals surface area (Å²) in [5, 5.41) is 0. The van der Waals surface area contributed by atoms with Crippen molar-refractivity contribution in [1.29, 1.82) is 0 Å². The summed E-state index contributed by atoms with van der Waals surface area (Å²) in [6.07, 6.45) is 7.19. The van der Waals surface area contributed by atoms with Gasteiger partial charge in [-0.3, -0.25) is 0 Å². The number of allylic oxidation sites excluding steroid dienone is 4. The lowest BCUT2D eigenvalue weighted by Crippen LogP contribution is -2.20. The van der Waals surface area contributed by atoms with Gasteiger partial charge in [0.05, 0.1) is 0 Å². The van der Waals surface area contributed by atoms with E-state index in [9.17, 15) is 0 Å². The Labute approximate surface area is 82.7 Å². The van der Waals surface area contributed by atoms with Crippen molar-refractivity contribution < 1.29 is 0 Å². The standard InChI is InChI=1S/C13H22/c1-6-13(4,5)12-9-10(2)7-8-11(12)3/h7,9,11H,6,8H2,1-5H3. The second-order valence-corrected chi connectivity index (χ2v) is 4.92. The summed E-state index contributed by atoms with van der Waals surface area (Å²) in [7, 11) is 0. The maximum atomic E-state index is 2.39. The van der Waals surface area contributed by atoms with E-state index >= 15 is 0 Å². The molecule has 0 radical (unpaired) electrons. The first kappa shape index (κ1) is 10.6. The highest BCUT2D eigenvalue weighted by Crippen LogP contribution is 2.39. The molecule has 0 aromatic heterocycles. The lowest BCUT2D eigenvalue weighted by atomic mass is 9.72. The molecule has 1 aliphatic rings. The number of hydrogen-bond acceptors (Lipinski definition) is 0. The van der Waals surface area contributed by atoms with E-state index in [1.807, 2.05) is 0 Å². The van der Waals surface area contributed by atoms with Gasteiger partial charge in [0.15, 0.2) is 0 Å². The fraction of sp³-hybridized carbons (Fsp3) is 0.692. The van der Waals surface area contributed by atoms with Crippen LogP contribution in [0.4, 0.5) is 0 Å². The van der Waals surface area contributed by atoms with Crippen LogP contribution in [-0.2, 0) is 0 Å². The maximum absolute atomic E-state index is 2.39. The molecule has 0 aliphatic heterocycles. The van der Waals surface area contributed by atoms with Gasteiger partial charge in [0, 0.05) is 0 Å². The topological polar surface area (TPSA) is 0 Å². The van der Waals surface area contributed by atoms with Crippen molar-refractivity contribution in [3.63, 3.8) is 0 Å². The van der Waals surface area contributed by atoms with Gasteiger partial charge in [0.25, 0.3) is 0 Å². The van der Waals surface area contributed by atoms with E-state index in [2.05, 4.69) is 46.8 Å². The summed E-state index contributed by atoms with van der Waals surface area (Å²) in [5.74, 6) is 0.735. The van der Waals surface area contributed by atoms with Crippen molar-refractivity contribution in [2.24, 2.45) is 11.3 Å². The van der Waals surface area contributed by atoms with Gasteiger partial charge in [-0.1, -0.05) is 51.0 Å². The van der Waals surface area contributed by atoms with E-state index in [1.165, 1.54) is 18.4 Å². The highest BCUT2D eigenvalue weighted by Gasteiger charge is 2.26. The van der Waals surface area contributed by atoms with Crippen LogP contribution in [0.1, 0.15) is 47.5 Å². The minimum atomic E-state index is 0.384. The van der Waals surface area contributed by atoms with Crippen molar-refractivity contribution in [2.45, 2.75) is 47.5 Å². The van der Waals surface area contributed by atoms with Gasteiger partial charge < -0.3 is 0 Å². The Morgan fingerprint density at radius 3 is 2.62 bits per heavy atom. The Bertz CT molecular complexity index is 241. The highest BCUT2D eigenvalue weighted by molar-refractivity contribution is 5.31. The summed E-state index contributed by atoms with van der Waals surface area (Å²) in [6, 6.07) is 0. The van der Waals surface area contributed by atoms with Crippen LogP contribution >= 0.6 is 0 Å². The molecule has 1 rings (SSSR count). The Balaban J connectivity index is 2.95. The second kappa shape index (κ2) is 3.69. The van der Waals surface area contributed by atoms with E-state index in [4.69, 9.17) is 0 Å². The largest absolute Gasteiger partial charge is 0.0810 e. The molecule has 13 heavy (non-hydrogen) atoms. The molecule has 0 aromatic rings. The van der Waals surface area contributed by atoms with E-state index in [0.717, 1.165) is 5.92 Å². The molecular weight excluding hydrogens is 156 g/mol. The zero-order valence-electron chi connectivity index (χ0n) is 9.65. The molecule has 0 spiro atoms. The molecule has 0 nitrogen and oxygen atoms in total. The first-order valence-electron chi connectivity index (χ1n) is 5.36. The fourth-order valence-electron chi connectivity index (χ4n) is 2.00. The average Bonchev–Trinajstić information content (AvgIpc) is 2.09. The molecule has 1 unspecified atom stereocenters. The Morgan fingerprint density at radius 1 is 1.46 bits per heavy atom. The summed E-state index contributed by atoms with van der Waals surface area (Å²) in [5.41, 5.74) is 3.46. The maximum Gasteiger partial charge on any atom is -0.0141 e. The van der Waals surface area contributed by atoms with Crippen LogP contribution in [0.5, 0.6) is 0 Å². The molecule has 1 atom stereocenters. The van der Waals surface area contributed by atoms with Gasteiger partial charge in [0.1, 0.15) is 0 Å². The van der Waals surface area contributed by atoms with Gasteiger partial charge >= 0.3 is 0 Å². The zero-order valence-corrected chi connectivity index (χ0v) is 9.65. The first-order chi connectivity index (χ1) is 5.97. The van der Waals surface area contributed by atoms with Crippen LogP contribution in [0.2, 0.25) is 0 Å². The van der Waals surface area contributed by atoms with Crippen LogP contribution in [0, 0.1) is 11.3 Å². The molecule has 0 amide bonds. The van der Waals surface area contributed by atoms with E-state index in [0.29, 0.717) is 5.41 Å². The van der Waals surface area contributed by atoms with E-state index < -0.39 is 0 Å². The van der Waals surface area contributed by atoms with Crippen LogP contribution in [0.25, 0.3) is 0 Å². The van der Waals surface area contributed by atoms with Crippen LogP contribution in [-0.4, -0.2) is 0 Å². The molecule has 74 valence electrons. The van der Waals surface area contributed by atoms with Crippen LogP contribution in [0.15, 0.2) is 23.3 Å². The summed E-state index contributed by atoms with van der Waals surface area (Å²) in [4.78, 5) is 0. The molecule has 0 saturated carbocycles. The molecular formula is C13H22. The van der Waals surface area contributed by atoms with Crippen molar-refractivity contribution in [1.82, 2.24) is 0 Å². The van der Waals surface area contributed by atoms with Gasteiger partial charge in [-0.25, -0.2) is 0 Å². The number of rotatable bonds is 2. The summed E-state index contributed by atoms with van der Waals surface area (Å²) >= 11 is 0.